The Morgan fingerprint density at radius 1 is 1.71 bits per heavy atom. The van der Waals surface area contributed by atoms with E-state index in [2.05, 4.69) is 5.32 Å². The summed E-state index contributed by atoms with van der Waals surface area (Å²) in [7, 11) is 0. The van der Waals surface area contributed by atoms with E-state index >= 15 is 0 Å². The third kappa shape index (κ3) is 5.76. The quantitative estimate of drug-likeness (QED) is 0.412. The van der Waals surface area contributed by atoms with E-state index < -0.39 is 5.37 Å². The Labute approximate surface area is 47.8 Å². The lowest BCUT2D eigenvalue weighted by molar-refractivity contribution is 0.258. The highest BCUT2D eigenvalue weighted by Crippen LogP contribution is 1.80. The largest absolute Gasteiger partial charge is 0.340 e. The lowest BCUT2D eigenvalue weighted by Gasteiger charge is -2.00. The monoisotopic (exact) mass is 121 g/mol. The first kappa shape index (κ1) is 6.76. The van der Waals surface area contributed by atoms with Crippen LogP contribution in [0.3, 0.4) is 0 Å². The van der Waals surface area contributed by atoms with E-state index in [9.17, 15) is 4.79 Å². The molecule has 1 amide bonds. The first-order chi connectivity index (χ1) is 3.13. The summed E-state index contributed by atoms with van der Waals surface area (Å²) in [5.74, 6) is 0. The minimum atomic E-state index is -0.491. The Kier molecular flexibility index (Phi) is 2.76. The van der Waals surface area contributed by atoms with Gasteiger partial charge in [0.05, 0.1) is 0 Å². The molecule has 7 heavy (non-hydrogen) atoms. The molecule has 0 heterocycles. The van der Waals surface area contributed by atoms with Crippen LogP contribution in [0.5, 0.6) is 0 Å². The highest BCUT2D eigenvalue weighted by atomic mass is 35.5. The fourth-order valence-electron chi connectivity index (χ4n) is 0.227. The number of amides is 1. The second-order valence-corrected chi connectivity index (χ2v) is 1.92. The number of carbonyl (C=O) groups is 1. The molecule has 0 aliphatic heterocycles. The standard InChI is InChI=1S/C4H8ClNO/c1-3(2)6-4(5)7/h3H,1-2H3,(H,6,7). The summed E-state index contributed by atoms with van der Waals surface area (Å²) in [5.41, 5.74) is 0. The van der Waals surface area contributed by atoms with Crippen molar-refractivity contribution in [1.82, 2.24) is 5.32 Å². The molecule has 0 saturated heterocycles. The second-order valence-electron chi connectivity index (χ2n) is 1.57. The number of halogens is 1. The number of hydrogen-bond donors (Lipinski definition) is 1. The van der Waals surface area contributed by atoms with Crippen molar-refractivity contribution in [1.29, 1.82) is 0 Å². The van der Waals surface area contributed by atoms with Crippen LogP contribution in [-0.4, -0.2) is 11.4 Å². The van der Waals surface area contributed by atoms with Crippen molar-refractivity contribution in [3.05, 3.63) is 0 Å². The minimum absolute atomic E-state index is 0.144. The Balaban J connectivity index is 3.13. The van der Waals surface area contributed by atoms with Gasteiger partial charge in [0.2, 0.25) is 0 Å². The van der Waals surface area contributed by atoms with Crippen LogP contribution in [0.15, 0.2) is 0 Å². The van der Waals surface area contributed by atoms with Crippen molar-refractivity contribution in [2.24, 2.45) is 0 Å². The molecule has 0 radical (unpaired) electrons. The Hall–Kier alpha value is -0.240. The topological polar surface area (TPSA) is 29.1 Å². The zero-order chi connectivity index (χ0) is 5.86. The maximum atomic E-state index is 9.91. The number of rotatable bonds is 1. The molecule has 0 fully saturated rings. The number of carbonyl (C=O) groups excluding carboxylic acids is 1. The SMILES string of the molecule is CC(C)NC(=O)Cl. The molecule has 0 rings (SSSR count). The third-order valence-corrected chi connectivity index (χ3v) is 0.511. The Morgan fingerprint density at radius 2 is 2.14 bits per heavy atom. The van der Waals surface area contributed by atoms with E-state index in [1.165, 1.54) is 0 Å². The van der Waals surface area contributed by atoms with Gasteiger partial charge in [0.1, 0.15) is 0 Å². The molecule has 0 bridgehead atoms. The normalized spacial score (nSPS) is 9.14. The molecule has 0 aliphatic carbocycles. The van der Waals surface area contributed by atoms with Crippen LogP contribution in [-0.2, 0) is 0 Å². The first-order valence-electron chi connectivity index (χ1n) is 2.09. The second kappa shape index (κ2) is 2.86. The van der Waals surface area contributed by atoms with Gasteiger partial charge in [0.25, 0.3) is 0 Å². The summed E-state index contributed by atoms with van der Waals surface area (Å²) in [6, 6.07) is 0.144. The van der Waals surface area contributed by atoms with Crippen LogP contribution in [0.4, 0.5) is 4.79 Å². The van der Waals surface area contributed by atoms with Gasteiger partial charge in [-0.1, -0.05) is 0 Å². The third-order valence-electron chi connectivity index (χ3n) is 0.402. The van der Waals surface area contributed by atoms with E-state index in [-0.39, 0.29) is 6.04 Å². The predicted octanol–water partition coefficient (Wildman–Crippen LogP) is 1.34. The van der Waals surface area contributed by atoms with Crippen molar-refractivity contribution >= 4 is 17.0 Å². The fourth-order valence-corrected chi connectivity index (χ4v) is 0.445. The van der Waals surface area contributed by atoms with Crippen LogP contribution in [0, 0.1) is 0 Å². The van der Waals surface area contributed by atoms with E-state index in [1.54, 1.807) is 0 Å². The molecule has 2 nitrogen and oxygen atoms in total. The molecule has 42 valence electrons. The smallest absolute Gasteiger partial charge is 0.313 e. The summed E-state index contributed by atoms with van der Waals surface area (Å²) >= 11 is 4.92. The average Bonchev–Trinajstić information content (AvgIpc) is 1.27. The molecule has 0 aromatic carbocycles. The Bertz CT molecular complexity index is 72.1. The van der Waals surface area contributed by atoms with Crippen LogP contribution < -0.4 is 5.32 Å². The van der Waals surface area contributed by atoms with Gasteiger partial charge < -0.3 is 5.32 Å². The molecule has 0 aromatic rings. The highest BCUT2D eigenvalue weighted by Gasteiger charge is 1.93. The zero-order valence-electron chi connectivity index (χ0n) is 4.36. The molecule has 0 atom stereocenters. The van der Waals surface area contributed by atoms with Gasteiger partial charge in [-0.15, -0.1) is 0 Å². The number of hydrogen-bond acceptors (Lipinski definition) is 1. The molecular weight excluding hydrogens is 114 g/mol. The Morgan fingerprint density at radius 3 is 2.14 bits per heavy atom. The lowest BCUT2D eigenvalue weighted by atomic mass is 10.4. The summed E-state index contributed by atoms with van der Waals surface area (Å²) in [6.07, 6.45) is 0. The molecular formula is C4H8ClNO. The molecule has 3 heteroatoms. The van der Waals surface area contributed by atoms with Gasteiger partial charge in [-0.25, -0.2) is 0 Å². The minimum Gasteiger partial charge on any atom is -0.340 e. The van der Waals surface area contributed by atoms with Gasteiger partial charge in [-0.3, -0.25) is 4.79 Å². The van der Waals surface area contributed by atoms with E-state index in [1.807, 2.05) is 13.8 Å². The lowest BCUT2D eigenvalue weighted by Crippen LogP contribution is -2.24. The summed E-state index contributed by atoms with van der Waals surface area (Å²) in [4.78, 5) is 9.91. The van der Waals surface area contributed by atoms with Crippen molar-refractivity contribution in [3.8, 4) is 0 Å². The van der Waals surface area contributed by atoms with Gasteiger partial charge >= 0.3 is 5.37 Å². The predicted molar refractivity (Wildman–Crippen MR) is 29.5 cm³/mol. The molecule has 0 unspecified atom stereocenters. The van der Waals surface area contributed by atoms with Crippen molar-refractivity contribution < 1.29 is 4.79 Å². The molecule has 0 aliphatic rings. The molecule has 1 N–H and O–H groups in total. The van der Waals surface area contributed by atoms with E-state index in [0.29, 0.717) is 0 Å². The van der Waals surface area contributed by atoms with Gasteiger partial charge in [0.15, 0.2) is 0 Å². The van der Waals surface area contributed by atoms with Gasteiger partial charge in [-0.05, 0) is 25.4 Å². The fraction of sp³-hybridized carbons (Fsp3) is 0.750. The summed E-state index contributed by atoms with van der Waals surface area (Å²) in [5, 5.41) is 1.94. The molecule has 0 saturated carbocycles. The van der Waals surface area contributed by atoms with Gasteiger partial charge in [-0.2, -0.15) is 0 Å². The van der Waals surface area contributed by atoms with Crippen LogP contribution >= 0.6 is 11.6 Å². The van der Waals surface area contributed by atoms with E-state index in [4.69, 9.17) is 11.6 Å². The van der Waals surface area contributed by atoms with E-state index in [0.717, 1.165) is 0 Å². The van der Waals surface area contributed by atoms with Crippen LogP contribution in [0.2, 0.25) is 0 Å². The van der Waals surface area contributed by atoms with Crippen molar-refractivity contribution in [2.45, 2.75) is 19.9 Å². The van der Waals surface area contributed by atoms with Crippen molar-refractivity contribution in [2.75, 3.05) is 0 Å². The number of nitrogens with one attached hydrogen (secondary N) is 1. The first-order valence-corrected chi connectivity index (χ1v) is 2.46. The maximum absolute atomic E-state index is 9.91. The highest BCUT2D eigenvalue weighted by molar-refractivity contribution is 6.62. The van der Waals surface area contributed by atoms with Crippen LogP contribution in [0.1, 0.15) is 13.8 Å². The zero-order valence-corrected chi connectivity index (χ0v) is 5.12. The van der Waals surface area contributed by atoms with Gasteiger partial charge in [0, 0.05) is 6.04 Å². The summed E-state index contributed by atoms with van der Waals surface area (Å²) in [6.45, 7) is 3.70. The average molecular weight is 122 g/mol. The van der Waals surface area contributed by atoms with Crippen molar-refractivity contribution in [3.63, 3.8) is 0 Å². The summed E-state index contributed by atoms with van der Waals surface area (Å²) < 4.78 is 0. The molecule has 0 spiro atoms. The maximum Gasteiger partial charge on any atom is 0.313 e. The molecule has 0 aromatic heterocycles. The van der Waals surface area contributed by atoms with Crippen LogP contribution in [0.25, 0.3) is 0 Å².